The van der Waals surface area contributed by atoms with Crippen LogP contribution in [0.25, 0.3) is 0 Å². The highest BCUT2D eigenvalue weighted by Crippen LogP contribution is 2.20. The van der Waals surface area contributed by atoms with Gasteiger partial charge in [0.1, 0.15) is 0 Å². The van der Waals surface area contributed by atoms with E-state index in [0.29, 0.717) is 17.1 Å². The van der Waals surface area contributed by atoms with Gasteiger partial charge in [0.2, 0.25) is 5.91 Å². The Bertz CT molecular complexity index is 511. The summed E-state index contributed by atoms with van der Waals surface area (Å²) in [6.45, 7) is 1.84. The second-order valence-corrected chi connectivity index (χ2v) is 5.59. The third kappa shape index (κ3) is 6.12. The molecule has 7 heteroatoms. The number of thioether (sulfide) groups is 1. The zero-order valence-electron chi connectivity index (χ0n) is 11.6. The molecule has 0 spiro atoms. The minimum Gasteiger partial charge on any atom is -0.481 e. The van der Waals surface area contributed by atoms with Crippen LogP contribution in [0.5, 0.6) is 0 Å². The highest BCUT2D eigenvalue weighted by molar-refractivity contribution is 7.99. The first-order valence-corrected chi connectivity index (χ1v) is 7.50. The summed E-state index contributed by atoms with van der Waals surface area (Å²) < 4.78 is 25.7. The van der Waals surface area contributed by atoms with Crippen molar-refractivity contribution in [1.82, 2.24) is 5.32 Å². The average Bonchev–Trinajstić information content (AvgIpc) is 2.43. The SMILES string of the molecule is CCC(CNC(=O)CCSc1ccc(F)c(F)c1)C(=O)O. The number of hydrogen-bond donors (Lipinski definition) is 2. The van der Waals surface area contributed by atoms with Gasteiger partial charge < -0.3 is 10.4 Å². The first kappa shape index (κ1) is 17.4. The van der Waals surface area contributed by atoms with Crippen molar-refractivity contribution < 1.29 is 23.5 Å². The van der Waals surface area contributed by atoms with E-state index in [1.165, 1.54) is 17.8 Å². The second kappa shape index (κ2) is 8.61. The molecule has 0 aliphatic heterocycles. The number of halogens is 2. The topological polar surface area (TPSA) is 66.4 Å². The fraction of sp³-hybridized carbons (Fsp3) is 0.429. The quantitative estimate of drug-likeness (QED) is 0.724. The van der Waals surface area contributed by atoms with Gasteiger partial charge in [-0.25, -0.2) is 8.78 Å². The number of amides is 1. The summed E-state index contributed by atoms with van der Waals surface area (Å²) in [6, 6.07) is 3.56. The standard InChI is InChI=1S/C14H17F2NO3S/c1-2-9(14(19)20)8-17-13(18)5-6-21-10-3-4-11(15)12(16)7-10/h3-4,7,9H,2,5-6,8H2,1H3,(H,17,18)(H,19,20). The zero-order chi connectivity index (χ0) is 15.8. The lowest BCUT2D eigenvalue weighted by Gasteiger charge is -2.10. The van der Waals surface area contributed by atoms with Crippen LogP contribution < -0.4 is 5.32 Å². The van der Waals surface area contributed by atoms with E-state index in [1.807, 2.05) is 0 Å². The van der Waals surface area contributed by atoms with Crippen LogP contribution in [0.2, 0.25) is 0 Å². The summed E-state index contributed by atoms with van der Waals surface area (Å²) in [5.74, 6) is -3.21. The fourth-order valence-electron chi connectivity index (χ4n) is 1.56. The van der Waals surface area contributed by atoms with E-state index in [-0.39, 0.29) is 18.9 Å². The highest BCUT2D eigenvalue weighted by Gasteiger charge is 2.15. The minimum atomic E-state index is -0.936. The van der Waals surface area contributed by atoms with Gasteiger partial charge in [0.05, 0.1) is 5.92 Å². The van der Waals surface area contributed by atoms with Crippen LogP contribution in [0.15, 0.2) is 23.1 Å². The number of nitrogens with one attached hydrogen (secondary N) is 1. The predicted octanol–water partition coefficient (Wildman–Crippen LogP) is 2.67. The van der Waals surface area contributed by atoms with Crippen molar-refractivity contribution in [2.45, 2.75) is 24.7 Å². The first-order chi connectivity index (χ1) is 9.93. The Kier molecular flexibility index (Phi) is 7.14. The summed E-state index contributed by atoms with van der Waals surface area (Å²) >= 11 is 1.23. The summed E-state index contributed by atoms with van der Waals surface area (Å²) in [7, 11) is 0. The van der Waals surface area contributed by atoms with Crippen molar-refractivity contribution in [2.24, 2.45) is 5.92 Å². The summed E-state index contributed by atoms with van der Waals surface area (Å²) in [5.41, 5.74) is 0. The summed E-state index contributed by atoms with van der Waals surface area (Å²) in [5, 5.41) is 11.4. The number of carbonyl (C=O) groups is 2. The molecule has 1 rings (SSSR count). The van der Waals surface area contributed by atoms with E-state index in [9.17, 15) is 18.4 Å². The Hall–Kier alpha value is -1.63. The maximum atomic E-state index is 13.0. The Balaban J connectivity index is 2.30. The molecular weight excluding hydrogens is 300 g/mol. The summed E-state index contributed by atoms with van der Waals surface area (Å²) in [4.78, 5) is 22.9. The molecule has 0 saturated heterocycles. The van der Waals surface area contributed by atoms with Gasteiger partial charge in [0, 0.05) is 23.6 Å². The number of carboxylic acids is 1. The second-order valence-electron chi connectivity index (χ2n) is 4.42. The predicted molar refractivity (Wildman–Crippen MR) is 76.1 cm³/mol. The maximum Gasteiger partial charge on any atom is 0.308 e. The molecule has 0 aliphatic rings. The minimum absolute atomic E-state index is 0.0977. The van der Waals surface area contributed by atoms with Gasteiger partial charge in [-0.1, -0.05) is 6.92 Å². The van der Waals surface area contributed by atoms with E-state index < -0.39 is 23.5 Å². The van der Waals surface area contributed by atoms with Gasteiger partial charge in [0.25, 0.3) is 0 Å². The molecular formula is C14H17F2NO3S. The number of rotatable bonds is 8. The van der Waals surface area contributed by atoms with Crippen LogP contribution in [0.3, 0.4) is 0 Å². The molecule has 0 aromatic heterocycles. The van der Waals surface area contributed by atoms with E-state index in [0.717, 1.165) is 12.1 Å². The number of hydrogen-bond acceptors (Lipinski definition) is 3. The normalized spacial score (nSPS) is 12.0. The first-order valence-electron chi connectivity index (χ1n) is 6.51. The van der Waals surface area contributed by atoms with Gasteiger partial charge in [0.15, 0.2) is 11.6 Å². The Morgan fingerprint density at radius 1 is 1.33 bits per heavy atom. The van der Waals surface area contributed by atoms with E-state index >= 15 is 0 Å². The third-order valence-electron chi connectivity index (χ3n) is 2.88. The lowest BCUT2D eigenvalue weighted by molar-refractivity contribution is -0.141. The Morgan fingerprint density at radius 2 is 2.05 bits per heavy atom. The molecule has 4 nitrogen and oxygen atoms in total. The van der Waals surface area contributed by atoms with Gasteiger partial charge >= 0.3 is 5.97 Å². The third-order valence-corrected chi connectivity index (χ3v) is 3.87. The molecule has 1 unspecified atom stereocenters. The molecule has 1 aromatic rings. The Labute approximate surface area is 125 Å². The molecule has 0 saturated carbocycles. The van der Waals surface area contributed by atoms with Crippen molar-refractivity contribution in [2.75, 3.05) is 12.3 Å². The van der Waals surface area contributed by atoms with Gasteiger partial charge in [-0.3, -0.25) is 9.59 Å². The van der Waals surface area contributed by atoms with Crippen LogP contribution >= 0.6 is 11.8 Å². The molecule has 0 radical (unpaired) electrons. The smallest absolute Gasteiger partial charge is 0.308 e. The van der Waals surface area contributed by atoms with Crippen molar-refractivity contribution >= 4 is 23.6 Å². The molecule has 21 heavy (non-hydrogen) atoms. The monoisotopic (exact) mass is 317 g/mol. The summed E-state index contributed by atoms with van der Waals surface area (Å²) in [6.07, 6.45) is 0.624. The average molecular weight is 317 g/mol. The number of benzene rings is 1. The lowest BCUT2D eigenvalue weighted by Crippen LogP contribution is -2.32. The number of carboxylic acid groups (broad SMARTS) is 1. The zero-order valence-corrected chi connectivity index (χ0v) is 12.4. The molecule has 0 fully saturated rings. The van der Waals surface area contributed by atoms with Gasteiger partial charge in [-0.15, -0.1) is 11.8 Å². The van der Waals surface area contributed by atoms with Crippen LogP contribution in [0, 0.1) is 17.6 Å². The van der Waals surface area contributed by atoms with Gasteiger partial charge in [-0.2, -0.15) is 0 Å². The molecule has 116 valence electrons. The maximum absolute atomic E-state index is 13.0. The van der Waals surface area contributed by atoms with Crippen molar-refractivity contribution in [3.63, 3.8) is 0 Å². The Morgan fingerprint density at radius 3 is 2.62 bits per heavy atom. The van der Waals surface area contributed by atoms with Crippen LogP contribution in [-0.2, 0) is 9.59 Å². The highest BCUT2D eigenvalue weighted by atomic mass is 32.2. The molecule has 1 atom stereocenters. The van der Waals surface area contributed by atoms with E-state index in [4.69, 9.17) is 5.11 Å². The molecule has 1 aromatic carbocycles. The van der Waals surface area contributed by atoms with Crippen molar-refractivity contribution in [3.8, 4) is 0 Å². The molecule has 1 amide bonds. The van der Waals surface area contributed by atoms with Crippen LogP contribution in [0.1, 0.15) is 19.8 Å². The molecule has 0 aliphatic carbocycles. The van der Waals surface area contributed by atoms with Crippen LogP contribution in [0.4, 0.5) is 8.78 Å². The molecule has 0 bridgehead atoms. The van der Waals surface area contributed by atoms with Crippen LogP contribution in [-0.4, -0.2) is 29.3 Å². The lowest BCUT2D eigenvalue weighted by atomic mass is 10.1. The van der Waals surface area contributed by atoms with Crippen molar-refractivity contribution in [1.29, 1.82) is 0 Å². The number of aliphatic carboxylic acids is 1. The van der Waals surface area contributed by atoms with E-state index in [2.05, 4.69) is 5.32 Å². The molecule has 2 N–H and O–H groups in total. The van der Waals surface area contributed by atoms with Gasteiger partial charge in [-0.05, 0) is 24.6 Å². The largest absolute Gasteiger partial charge is 0.481 e. The van der Waals surface area contributed by atoms with E-state index in [1.54, 1.807) is 6.92 Å². The molecule has 0 heterocycles. The van der Waals surface area contributed by atoms with Crippen molar-refractivity contribution in [3.05, 3.63) is 29.8 Å². The number of carbonyl (C=O) groups excluding carboxylic acids is 1. The fourth-order valence-corrected chi connectivity index (χ4v) is 2.43.